The Balaban J connectivity index is 2.10. The van der Waals surface area contributed by atoms with E-state index >= 15 is 0 Å². The van der Waals surface area contributed by atoms with E-state index in [-0.39, 0.29) is 5.60 Å². The van der Waals surface area contributed by atoms with Crippen LogP contribution in [-0.2, 0) is 0 Å². The average Bonchev–Trinajstić information content (AvgIpc) is 2.60. The van der Waals surface area contributed by atoms with E-state index in [1.165, 1.54) is 6.42 Å². The number of likely N-dealkylation sites (tertiary alicyclic amines) is 1. The Morgan fingerprint density at radius 3 is 2.29 bits per heavy atom. The zero-order chi connectivity index (χ0) is 10.5. The fourth-order valence-electron chi connectivity index (χ4n) is 3.39. The maximum atomic E-state index is 10.5. The molecule has 2 nitrogen and oxygen atoms in total. The van der Waals surface area contributed by atoms with Crippen molar-refractivity contribution in [3.63, 3.8) is 0 Å². The Morgan fingerprint density at radius 2 is 1.93 bits per heavy atom. The highest BCUT2D eigenvalue weighted by Crippen LogP contribution is 2.48. The summed E-state index contributed by atoms with van der Waals surface area (Å²) in [6, 6.07) is 1.29. The lowest BCUT2D eigenvalue weighted by atomic mass is 9.79. The van der Waals surface area contributed by atoms with E-state index in [9.17, 15) is 5.11 Å². The van der Waals surface area contributed by atoms with Gasteiger partial charge in [0, 0.05) is 24.5 Å². The van der Waals surface area contributed by atoms with Crippen LogP contribution < -0.4 is 0 Å². The summed E-state index contributed by atoms with van der Waals surface area (Å²) in [6.45, 7) is 9.93. The monoisotopic (exact) mass is 197 g/mol. The van der Waals surface area contributed by atoms with Gasteiger partial charge >= 0.3 is 0 Å². The fraction of sp³-hybridized carbons (Fsp3) is 1.00. The molecular formula is C12H23NO. The second kappa shape index (κ2) is 3.21. The molecule has 0 radical (unpaired) electrons. The largest absolute Gasteiger partial charge is 0.389 e. The van der Waals surface area contributed by atoms with Gasteiger partial charge < -0.3 is 5.11 Å². The summed E-state index contributed by atoms with van der Waals surface area (Å²) in [6.07, 6.45) is 2.21. The van der Waals surface area contributed by atoms with Crippen LogP contribution in [0.5, 0.6) is 0 Å². The SMILES string of the molecule is CC(C)N1CC2CC1C[C@@]2(O)C(C)C. The smallest absolute Gasteiger partial charge is 0.0726 e. The molecule has 82 valence electrons. The Labute approximate surface area is 87.3 Å². The van der Waals surface area contributed by atoms with Crippen LogP contribution in [0.2, 0.25) is 0 Å². The summed E-state index contributed by atoms with van der Waals surface area (Å²) in [5.74, 6) is 0.932. The topological polar surface area (TPSA) is 23.5 Å². The predicted molar refractivity (Wildman–Crippen MR) is 58.1 cm³/mol. The number of aliphatic hydroxyl groups is 1. The number of nitrogens with zero attached hydrogens (tertiary/aromatic N) is 1. The summed E-state index contributed by atoms with van der Waals surface area (Å²) in [5, 5.41) is 10.5. The van der Waals surface area contributed by atoms with E-state index in [0.717, 1.165) is 13.0 Å². The van der Waals surface area contributed by atoms with Gasteiger partial charge in [0.15, 0.2) is 0 Å². The highest BCUT2D eigenvalue weighted by Gasteiger charge is 2.54. The maximum absolute atomic E-state index is 10.5. The summed E-state index contributed by atoms with van der Waals surface area (Å²) < 4.78 is 0. The third-order valence-electron chi connectivity index (χ3n) is 4.39. The predicted octanol–water partition coefficient (Wildman–Crippen LogP) is 1.88. The van der Waals surface area contributed by atoms with E-state index < -0.39 is 0 Å². The highest BCUT2D eigenvalue weighted by molar-refractivity contribution is 5.08. The molecule has 0 spiro atoms. The van der Waals surface area contributed by atoms with Crippen molar-refractivity contribution in [2.75, 3.05) is 6.54 Å². The van der Waals surface area contributed by atoms with Gasteiger partial charge in [-0.25, -0.2) is 0 Å². The molecule has 0 amide bonds. The van der Waals surface area contributed by atoms with Crippen LogP contribution in [0.25, 0.3) is 0 Å². The van der Waals surface area contributed by atoms with Crippen LogP contribution in [0.15, 0.2) is 0 Å². The van der Waals surface area contributed by atoms with Crippen molar-refractivity contribution in [1.29, 1.82) is 0 Å². The molecule has 0 aromatic carbocycles. The second-order valence-corrected chi connectivity index (χ2v) is 5.73. The third-order valence-corrected chi connectivity index (χ3v) is 4.39. The van der Waals surface area contributed by atoms with Crippen molar-refractivity contribution in [2.45, 2.75) is 58.2 Å². The molecule has 0 aromatic rings. The highest BCUT2D eigenvalue weighted by atomic mass is 16.3. The first kappa shape index (κ1) is 10.4. The van der Waals surface area contributed by atoms with Crippen molar-refractivity contribution in [1.82, 2.24) is 4.90 Å². The molecule has 2 rings (SSSR count). The lowest BCUT2D eigenvalue weighted by Gasteiger charge is -2.41. The van der Waals surface area contributed by atoms with Gasteiger partial charge in [-0.15, -0.1) is 0 Å². The van der Waals surface area contributed by atoms with Crippen molar-refractivity contribution >= 4 is 0 Å². The first-order valence-electron chi connectivity index (χ1n) is 5.93. The zero-order valence-electron chi connectivity index (χ0n) is 9.83. The molecule has 2 aliphatic rings. The van der Waals surface area contributed by atoms with Crippen LogP contribution in [0, 0.1) is 11.8 Å². The summed E-state index contributed by atoms with van der Waals surface area (Å²) in [4.78, 5) is 2.56. The number of hydrogen-bond acceptors (Lipinski definition) is 2. The lowest BCUT2D eigenvalue weighted by molar-refractivity contribution is -0.0718. The molecule has 3 atom stereocenters. The molecule has 2 heteroatoms. The molecule has 14 heavy (non-hydrogen) atoms. The molecule has 2 bridgehead atoms. The van der Waals surface area contributed by atoms with Gasteiger partial charge in [-0.3, -0.25) is 4.90 Å². The first-order chi connectivity index (χ1) is 6.45. The summed E-state index contributed by atoms with van der Waals surface area (Å²) in [5.41, 5.74) is -0.365. The molecule has 1 aliphatic carbocycles. The molecule has 2 unspecified atom stereocenters. The van der Waals surface area contributed by atoms with Gasteiger partial charge in [-0.05, 0) is 32.6 Å². The van der Waals surface area contributed by atoms with Crippen LogP contribution in [0.4, 0.5) is 0 Å². The normalized spacial score (nSPS) is 43.1. The number of fused-ring (bicyclic) bond motifs is 2. The van der Waals surface area contributed by atoms with Crippen molar-refractivity contribution in [2.24, 2.45) is 11.8 Å². The molecule has 2 fully saturated rings. The molecule has 1 saturated heterocycles. The second-order valence-electron chi connectivity index (χ2n) is 5.73. The fourth-order valence-corrected chi connectivity index (χ4v) is 3.39. The summed E-state index contributed by atoms with van der Waals surface area (Å²) >= 11 is 0. The van der Waals surface area contributed by atoms with Crippen molar-refractivity contribution in [3.05, 3.63) is 0 Å². The van der Waals surface area contributed by atoms with E-state index in [4.69, 9.17) is 0 Å². The number of piperidine rings is 1. The number of hydrogen-bond donors (Lipinski definition) is 1. The van der Waals surface area contributed by atoms with E-state index in [1.807, 2.05) is 0 Å². The Kier molecular flexibility index (Phi) is 2.39. The Morgan fingerprint density at radius 1 is 1.29 bits per heavy atom. The van der Waals surface area contributed by atoms with Crippen LogP contribution in [0.1, 0.15) is 40.5 Å². The number of rotatable bonds is 2. The minimum atomic E-state index is -0.365. The molecule has 1 aliphatic heterocycles. The van der Waals surface area contributed by atoms with E-state index in [1.54, 1.807) is 0 Å². The molecular weight excluding hydrogens is 174 g/mol. The Bertz CT molecular complexity index is 226. The van der Waals surface area contributed by atoms with E-state index in [2.05, 4.69) is 32.6 Å². The minimum absolute atomic E-state index is 0.365. The third kappa shape index (κ3) is 1.31. The first-order valence-corrected chi connectivity index (χ1v) is 5.93. The van der Waals surface area contributed by atoms with Crippen LogP contribution in [0.3, 0.4) is 0 Å². The molecule has 1 saturated carbocycles. The average molecular weight is 197 g/mol. The van der Waals surface area contributed by atoms with E-state index in [0.29, 0.717) is 23.9 Å². The quantitative estimate of drug-likeness (QED) is 0.730. The standard InChI is InChI=1S/C12H23NO/c1-8(2)12(14)6-11-5-10(12)7-13(11)9(3)4/h8-11,14H,5-7H2,1-4H3/t10?,11?,12-/m1/s1. The minimum Gasteiger partial charge on any atom is -0.389 e. The maximum Gasteiger partial charge on any atom is 0.0726 e. The van der Waals surface area contributed by atoms with Crippen LogP contribution in [-0.4, -0.2) is 34.2 Å². The van der Waals surface area contributed by atoms with Gasteiger partial charge in [-0.2, -0.15) is 0 Å². The van der Waals surface area contributed by atoms with Gasteiger partial charge in [0.1, 0.15) is 0 Å². The van der Waals surface area contributed by atoms with Gasteiger partial charge in [0.25, 0.3) is 0 Å². The Hall–Kier alpha value is -0.0800. The van der Waals surface area contributed by atoms with Gasteiger partial charge in [0.05, 0.1) is 5.60 Å². The molecule has 0 aromatic heterocycles. The molecule has 1 heterocycles. The van der Waals surface area contributed by atoms with Gasteiger partial charge in [-0.1, -0.05) is 13.8 Å². The van der Waals surface area contributed by atoms with Gasteiger partial charge in [0.2, 0.25) is 0 Å². The van der Waals surface area contributed by atoms with Crippen molar-refractivity contribution in [3.8, 4) is 0 Å². The zero-order valence-corrected chi connectivity index (χ0v) is 9.83. The lowest BCUT2D eigenvalue weighted by Crippen LogP contribution is -2.50. The molecule has 1 N–H and O–H groups in total. The summed E-state index contributed by atoms with van der Waals surface area (Å²) in [7, 11) is 0. The van der Waals surface area contributed by atoms with Crippen molar-refractivity contribution < 1.29 is 5.11 Å². The van der Waals surface area contributed by atoms with Crippen LogP contribution >= 0.6 is 0 Å².